The van der Waals surface area contributed by atoms with Gasteiger partial charge in [-0.1, -0.05) is 35.3 Å². The smallest absolute Gasteiger partial charge is 0.416 e. The van der Waals surface area contributed by atoms with Crippen LogP contribution in [-0.4, -0.2) is 14.3 Å². The Balaban J connectivity index is 1.99. The van der Waals surface area contributed by atoms with Gasteiger partial charge in [0.2, 0.25) is 5.91 Å². The summed E-state index contributed by atoms with van der Waals surface area (Å²) in [6, 6.07) is 10.2. The minimum atomic E-state index is -4.62. The van der Waals surface area contributed by atoms with E-state index in [0.29, 0.717) is 22.9 Å². The molecule has 0 unspecified atom stereocenters. The quantitative estimate of drug-likeness (QED) is 0.516. The predicted molar refractivity (Wildman–Crippen MR) is 106 cm³/mol. The maximum Gasteiger partial charge on any atom is 0.416 e. The monoisotopic (exact) mass is 477 g/mol. The molecule has 0 saturated heterocycles. The maximum atomic E-state index is 12.9. The third-order valence-corrected chi connectivity index (χ3v) is 5.91. The Morgan fingerprint density at radius 3 is 2.13 bits per heavy atom. The van der Waals surface area contributed by atoms with Crippen molar-refractivity contribution in [1.29, 1.82) is 0 Å². The number of nitrogens with one attached hydrogen (secondary N) is 1. The number of amides is 1. The highest BCUT2D eigenvalue weighted by atomic mass is 35.5. The van der Waals surface area contributed by atoms with E-state index in [1.54, 1.807) is 6.07 Å². The number of hydrogen-bond acceptors (Lipinski definition) is 4. The Labute approximate surface area is 179 Å². The molecule has 0 aromatic heterocycles. The van der Waals surface area contributed by atoms with Gasteiger partial charge in [-0.3, -0.25) is 4.79 Å². The number of carbonyl (C=O) groups is 1. The standard InChI is InChI=1S/C19H12Cl2F3NO4S/c1-10(26)25-30(27,28)15-5-3-11-2-4-14(6-12(11)7-15)29-18-16(20)8-13(9-17(18)21)19(22,23)24/h2-9H,1H3,(H,25,26). The van der Waals surface area contributed by atoms with E-state index in [0.717, 1.165) is 6.92 Å². The molecule has 0 fully saturated rings. The van der Waals surface area contributed by atoms with Crippen LogP contribution in [0.25, 0.3) is 10.8 Å². The fourth-order valence-electron chi connectivity index (χ4n) is 2.62. The largest absolute Gasteiger partial charge is 0.454 e. The van der Waals surface area contributed by atoms with Crippen molar-refractivity contribution in [2.75, 3.05) is 0 Å². The average Bonchev–Trinajstić information content (AvgIpc) is 2.62. The zero-order valence-corrected chi connectivity index (χ0v) is 17.4. The van der Waals surface area contributed by atoms with Gasteiger partial charge in [0.1, 0.15) is 5.75 Å². The normalized spacial score (nSPS) is 12.1. The first kappa shape index (κ1) is 22.2. The van der Waals surface area contributed by atoms with E-state index in [1.165, 1.54) is 30.3 Å². The van der Waals surface area contributed by atoms with Gasteiger partial charge in [0.05, 0.1) is 20.5 Å². The van der Waals surface area contributed by atoms with E-state index in [4.69, 9.17) is 27.9 Å². The van der Waals surface area contributed by atoms with Crippen LogP contribution >= 0.6 is 23.2 Å². The second-order valence-electron chi connectivity index (χ2n) is 6.20. The minimum Gasteiger partial charge on any atom is -0.454 e. The fraction of sp³-hybridized carbons (Fsp3) is 0.105. The van der Waals surface area contributed by atoms with Gasteiger partial charge in [0.25, 0.3) is 10.0 Å². The Hall–Kier alpha value is -2.49. The number of fused-ring (bicyclic) bond motifs is 1. The summed E-state index contributed by atoms with van der Waals surface area (Å²) in [4.78, 5) is 11.0. The second kappa shape index (κ2) is 7.98. The van der Waals surface area contributed by atoms with Crippen molar-refractivity contribution in [3.8, 4) is 11.5 Å². The molecule has 3 aromatic carbocycles. The summed E-state index contributed by atoms with van der Waals surface area (Å²) < 4.78 is 70.3. The van der Waals surface area contributed by atoms with Crippen molar-refractivity contribution < 1.29 is 31.1 Å². The molecule has 3 rings (SSSR count). The fourth-order valence-corrected chi connectivity index (χ4v) is 4.21. The summed E-state index contributed by atoms with van der Waals surface area (Å²) in [5.41, 5.74) is -1.02. The molecule has 1 N–H and O–H groups in total. The lowest BCUT2D eigenvalue weighted by molar-refractivity contribution is -0.137. The van der Waals surface area contributed by atoms with Gasteiger partial charge in [-0.15, -0.1) is 0 Å². The van der Waals surface area contributed by atoms with E-state index >= 15 is 0 Å². The van der Waals surface area contributed by atoms with Gasteiger partial charge in [-0.25, -0.2) is 13.1 Å². The molecule has 3 aromatic rings. The molecule has 0 aliphatic heterocycles. The number of carbonyl (C=O) groups excluding carboxylic acids is 1. The molecule has 0 saturated carbocycles. The molecule has 1 amide bonds. The molecule has 0 spiro atoms. The van der Waals surface area contributed by atoms with Crippen LogP contribution < -0.4 is 9.46 Å². The lowest BCUT2D eigenvalue weighted by atomic mass is 10.1. The van der Waals surface area contributed by atoms with Gasteiger partial charge < -0.3 is 4.74 Å². The predicted octanol–water partition coefficient (Wildman–Crippen LogP) is 5.78. The van der Waals surface area contributed by atoms with E-state index in [-0.39, 0.29) is 26.4 Å². The van der Waals surface area contributed by atoms with Crippen LogP contribution in [0.1, 0.15) is 12.5 Å². The summed E-state index contributed by atoms with van der Waals surface area (Å²) in [6.07, 6.45) is -4.62. The van der Waals surface area contributed by atoms with Crippen LogP contribution in [0, 0.1) is 0 Å². The number of hydrogen-bond donors (Lipinski definition) is 1. The highest BCUT2D eigenvalue weighted by molar-refractivity contribution is 7.90. The lowest BCUT2D eigenvalue weighted by Gasteiger charge is -2.14. The molecule has 0 aliphatic rings. The Morgan fingerprint density at radius 2 is 1.57 bits per heavy atom. The van der Waals surface area contributed by atoms with Crippen molar-refractivity contribution in [2.45, 2.75) is 18.0 Å². The Kier molecular flexibility index (Phi) is 5.90. The zero-order valence-electron chi connectivity index (χ0n) is 15.0. The first-order chi connectivity index (χ1) is 13.9. The first-order valence-electron chi connectivity index (χ1n) is 8.18. The average molecular weight is 478 g/mol. The van der Waals surface area contributed by atoms with Crippen LogP contribution in [0.15, 0.2) is 53.4 Å². The molecule has 158 valence electrons. The molecule has 5 nitrogen and oxygen atoms in total. The number of ether oxygens (including phenoxy) is 1. The lowest BCUT2D eigenvalue weighted by Crippen LogP contribution is -2.28. The molecular weight excluding hydrogens is 466 g/mol. The van der Waals surface area contributed by atoms with Crippen LogP contribution in [0.2, 0.25) is 10.0 Å². The molecular formula is C19H12Cl2F3NO4S. The van der Waals surface area contributed by atoms with E-state index in [2.05, 4.69) is 0 Å². The topological polar surface area (TPSA) is 72.5 Å². The van der Waals surface area contributed by atoms with Gasteiger partial charge >= 0.3 is 6.18 Å². The molecule has 30 heavy (non-hydrogen) atoms. The van der Waals surface area contributed by atoms with Crippen LogP contribution in [0.5, 0.6) is 11.5 Å². The van der Waals surface area contributed by atoms with E-state index in [9.17, 15) is 26.4 Å². The van der Waals surface area contributed by atoms with Crippen molar-refractivity contribution >= 4 is 49.9 Å². The summed E-state index contributed by atoms with van der Waals surface area (Å²) in [5, 5.41) is 0.431. The summed E-state index contributed by atoms with van der Waals surface area (Å²) in [5.74, 6) is -0.744. The van der Waals surface area contributed by atoms with Crippen molar-refractivity contribution in [3.05, 3.63) is 64.1 Å². The summed E-state index contributed by atoms with van der Waals surface area (Å²) in [6.45, 7) is 1.07. The van der Waals surface area contributed by atoms with Crippen molar-refractivity contribution in [1.82, 2.24) is 4.72 Å². The SMILES string of the molecule is CC(=O)NS(=O)(=O)c1ccc2ccc(Oc3c(Cl)cc(C(F)(F)F)cc3Cl)cc2c1. The highest BCUT2D eigenvalue weighted by Gasteiger charge is 2.32. The van der Waals surface area contributed by atoms with Gasteiger partial charge in [-0.2, -0.15) is 13.2 Å². The zero-order chi connectivity index (χ0) is 22.3. The third kappa shape index (κ3) is 4.80. The van der Waals surface area contributed by atoms with E-state index < -0.39 is 27.7 Å². The van der Waals surface area contributed by atoms with Gasteiger partial charge in [0, 0.05) is 6.92 Å². The number of halogens is 5. The number of sulfonamides is 1. The van der Waals surface area contributed by atoms with E-state index in [1.807, 2.05) is 4.72 Å². The Bertz CT molecular complexity index is 1240. The van der Waals surface area contributed by atoms with Gasteiger partial charge in [0.15, 0.2) is 5.75 Å². The molecule has 0 aliphatic carbocycles. The van der Waals surface area contributed by atoms with Crippen molar-refractivity contribution in [3.63, 3.8) is 0 Å². The van der Waals surface area contributed by atoms with Crippen LogP contribution in [-0.2, 0) is 21.0 Å². The third-order valence-electron chi connectivity index (χ3n) is 3.92. The minimum absolute atomic E-state index is 0.145. The molecule has 0 heterocycles. The van der Waals surface area contributed by atoms with Gasteiger partial charge in [-0.05, 0) is 47.2 Å². The molecule has 0 bridgehead atoms. The summed E-state index contributed by atoms with van der Waals surface area (Å²) >= 11 is 11.8. The molecule has 0 atom stereocenters. The summed E-state index contributed by atoms with van der Waals surface area (Å²) in [7, 11) is -4.04. The van der Waals surface area contributed by atoms with Crippen LogP contribution in [0.4, 0.5) is 13.2 Å². The highest BCUT2D eigenvalue weighted by Crippen LogP contribution is 2.42. The first-order valence-corrected chi connectivity index (χ1v) is 10.4. The Morgan fingerprint density at radius 1 is 0.967 bits per heavy atom. The molecule has 11 heteroatoms. The van der Waals surface area contributed by atoms with Crippen molar-refractivity contribution in [2.24, 2.45) is 0 Å². The second-order valence-corrected chi connectivity index (χ2v) is 8.70. The number of alkyl halides is 3. The number of benzene rings is 3. The maximum absolute atomic E-state index is 12.9. The molecule has 0 radical (unpaired) electrons. The van der Waals surface area contributed by atoms with Crippen LogP contribution in [0.3, 0.4) is 0 Å². The number of rotatable bonds is 4.